The number of carbonyl (C=O) groups excluding carboxylic acids is 2. The van der Waals surface area contributed by atoms with E-state index in [9.17, 15) is 9.59 Å². The Bertz CT molecular complexity index is 813. The minimum atomic E-state index is -0.339. The topological polar surface area (TPSA) is 67.4 Å². The summed E-state index contributed by atoms with van der Waals surface area (Å²) >= 11 is 1.51. The van der Waals surface area contributed by atoms with E-state index in [4.69, 9.17) is 4.74 Å². The van der Waals surface area contributed by atoms with Crippen LogP contribution in [0.2, 0.25) is 0 Å². The van der Waals surface area contributed by atoms with Gasteiger partial charge in [-0.05, 0) is 56.7 Å². The molecule has 3 rings (SSSR count). The van der Waals surface area contributed by atoms with Crippen molar-refractivity contribution in [3.05, 3.63) is 45.8 Å². The summed E-state index contributed by atoms with van der Waals surface area (Å²) in [4.78, 5) is 26.0. The van der Waals surface area contributed by atoms with Gasteiger partial charge in [0.05, 0.1) is 18.7 Å². The highest BCUT2D eigenvalue weighted by molar-refractivity contribution is 7.17. The van der Waals surface area contributed by atoms with E-state index in [0.29, 0.717) is 17.2 Å². The van der Waals surface area contributed by atoms with Gasteiger partial charge in [-0.1, -0.05) is 18.2 Å². The van der Waals surface area contributed by atoms with Gasteiger partial charge in [-0.2, -0.15) is 0 Å². The molecule has 0 fully saturated rings. The molecule has 0 unspecified atom stereocenters. The van der Waals surface area contributed by atoms with Gasteiger partial charge in [0.15, 0.2) is 0 Å². The van der Waals surface area contributed by atoms with Crippen molar-refractivity contribution in [2.75, 3.05) is 23.8 Å². The summed E-state index contributed by atoms with van der Waals surface area (Å²) in [6, 6.07) is 7.82. The fraction of sp³-hybridized carbons (Fsp3) is 0.400. The highest BCUT2D eigenvalue weighted by Gasteiger charge is 2.27. The van der Waals surface area contributed by atoms with E-state index in [0.717, 1.165) is 42.5 Å². The Labute approximate surface area is 157 Å². The first-order valence-electron chi connectivity index (χ1n) is 9.01. The van der Waals surface area contributed by atoms with E-state index in [1.807, 2.05) is 31.2 Å². The molecule has 2 aromatic rings. The molecule has 1 amide bonds. The van der Waals surface area contributed by atoms with Crippen molar-refractivity contribution < 1.29 is 14.3 Å². The highest BCUT2D eigenvalue weighted by atomic mass is 32.1. The first-order valence-corrected chi connectivity index (χ1v) is 9.82. The predicted molar refractivity (Wildman–Crippen MR) is 105 cm³/mol. The molecule has 5 nitrogen and oxygen atoms in total. The monoisotopic (exact) mass is 372 g/mol. The zero-order valence-electron chi connectivity index (χ0n) is 15.2. The molecular weight excluding hydrogens is 348 g/mol. The lowest BCUT2D eigenvalue weighted by Crippen LogP contribution is -2.23. The zero-order valence-corrected chi connectivity index (χ0v) is 16.0. The second-order valence-electron chi connectivity index (χ2n) is 6.35. The van der Waals surface area contributed by atoms with Crippen LogP contribution >= 0.6 is 11.3 Å². The lowest BCUT2D eigenvalue weighted by Gasteiger charge is -2.12. The van der Waals surface area contributed by atoms with Gasteiger partial charge in [0, 0.05) is 10.6 Å². The fourth-order valence-corrected chi connectivity index (χ4v) is 4.48. The van der Waals surface area contributed by atoms with Gasteiger partial charge in [-0.25, -0.2) is 4.79 Å². The van der Waals surface area contributed by atoms with Crippen molar-refractivity contribution in [1.82, 2.24) is 0 Å². The summed E-state index contributed by atoms with van der Waals surface area (Å²) in [6.07, 6.45) is 4.03. The second-order valence-corrected chi connectivity index (χ2v) is 7.46. The highest BCUT2D eigenvalue weighted by Crippen LogP contribution is 2.38. The predicted octanol–water partition coefficient (Wildman–Crippen LogP) is 4.16. The number of amides is 1. The molecule has 0 aliphatic heterocycles. The summed E-state index contributed by atoms with van der Waals surface area (Å²) < 4.78 is 5.22. The van der Waals surface area contributed by atoms with Crippen LogP contribution in [0.25, 0.3) is 0 Å². The number of anilines is 2. The summed E-state index contributed by atoms with van der Waals surface area (Å²) in [5, 5.41) is 6.68. The minimum Gasteiger partial charge on any atom is -0.462 e. The first kappa shape index (κ1) is 18.5. The Kier molecular flexibility index (Phi) is 5.93. The van der Waals surface area contributed by atoms with Crippen LogP contribution in [0.15, 0.2) is 24.3 Å². The third-order valence-corrected chi connectivity index (χ3v) is 5.70. The van der Waals surface area contributed by atoms with Crippen molar-refractivity contribution in [2.45, 2.75) is 39.5 Å². The van der Waals surface area contributed by atoms with E-state index in [1.165, 1.54) is 16.2 Å². The van der Waals surface area contributed by atoms with Gasteiger partial charge >= 0.3 is 5.97 Å². The number of para-hydroxylation sites is 1. The lowest BCUT2D eigenvalue weighted by atomic mass is 9.95. The maximum Gasteiger partial charge on any atom is 0.341 e. The Balaban J connectivity index is 1.74. The standard InChI is InChI=1S/C20H24N2O3S/c1-3-25-20(24)18-14-9-5-7-11-16(14)26-19(18)22-17(23)12-21-15-10-6-4-8-13(15)2/h4,6,8,10,21H,3,5,7,9,11-12H2,1-2H3,(H,22,23). The molecule has 1 heterocycles. The number of thiophene rings is 1. The number of aryl methyl sites for hydroxylation is 2. The van der Waals surface area contributed by atoms with Crippen molar-refractivity contribution in [3.63, 3.8) is 0 Å². The molecule has 1 aromatic heterocycles. The van der Waals surface area contributed by atoms with Gasteiger partial charge in [0.25, 0.3) is 0 Å². The fourth-order valence-electron chi connectivity index (χ4n) is 3.19. The molecule has 2 N–H and O–H groups in total. The van der Waals surface area contributed by atoms with Crippen molar-refractivity contribution >= 4 is 33.9 Å². The third-order valence-electron chi connectivity index (χ3n) is 4.49. The van der Waals surface area contributed by atoms with Crippen LogP contribution in [0.1, 0.15) is 46.1 Å². The Morgan fingerprint density at radius 1 is 1.19 bits per heavy atom. The van der Waals surface area contributed by atoms with Gasteiger partial charge in [-0.3, -0.25) is 4.79 Å². The largest absolute Gasteiger partial charge is 0.462 e. The van der Waals surface area contributed by atoms with Gasteiger partial charge < -0.3 is 15.4 Å². The van der Waals surface area contributed by atoms with Crippen molar-refractivity contribution in [3.8, 4) is 0 Å². The Morgan fingerprint density at radius 3 is 2.73 bits per heavy atom. The summed E-state index contributed by atoms with van der Waals surface area (Å²) in [7, 11) is 0. The average molecular weight is 372 g/mol. The molecule has 1 aliphatic carbocycles. The molecule has 26 heavy (non-hydrogen) atoms. The Hall–Kier alpha value is -2.34. The Morgan fingerprint density at radius 2 is 1.96 bits per heavy atom. The van der Waals surface area contributed by atoms with E-state index >= 15 is 0 Å². The molecular formula is C20H24N2O3S. The van der Waals surface area contributed by atoms with Crippen molar-refractivity contribution in [2.24, 2.45) is 0 Å². The molecule has 6 heteroatoms. The maximum absolute atomic E-state index is 12.4. The smallest absolute Gasteiger partial charge is 0.341 e. The molecule has 1 aliphatic rings. The number of rotatable bonds is 6. The lowest BCUT2D eigenvalue weighted by molar-refractivity contribution is -0.114. The number of ether oxygens (including phenoxy) is 1. The quantitative estimate of drug-likeness (QED) is 0.747. The van der Waals surface area contributed by atoms with Crippen LogP contribution in [0, 0.1) is 6.92 Å². The van der Waals surface area contributed by atoms with E-state index in [-0.39, 0.29) is 18.4 Å². The summed E-state index contributed by atoms with van der Waals surface area (Å²) in [6.45, 7) is 4.26. The van der Waals surface area contributed by atoms with Crippen molar-refractivity contribution in [1.29, 1.82) is 0 Å². The molecule has 0 spiro atoms. The molecule has 0 bridgehead atoms. The number of nitrogens with one attached hydrogen (secondary N) is 2. The molecule has 138 valence electrons. The van der Waals surface area contributed by atoms with Crippen LogP contribution in [-0.4, -0.2) is 25.0 Å². The van der Waals surface area contributed by atoms with Crippen LogP contribution in [0.5, 0.6) is 0 Å². The van der Waals surface area contributed by atoms with E-state index < -0.39 is 0 Å². The SMILES string of the molecule is CCOC(=O)c1c(NC(=O)CNc2ccccc2C)sc2c1CCCC2. The first-order chi connectivity index (χ1) is 12.6. The normalized spacial score (nSPS) is 13.0. The maximum atomic E-state index is 12.4. The molecule has 0 atom stereocenters. The number of carbonyl (C=O) groups is 2. The number of benzene rings is 1. The van der Waals surface area contributed by atoms with Crippen LogP contribution in [0.4, 0.5) is 10.7 Å². The molecule has 0 saturated heterocycles. The van der Waals surface area contributed by atoms with E-state index in [1.54, 1.807) is 6.92 Å². The second kappa shape index (κ2) is 8.36. The van der Waals surface area contributed by atoms with Crippen LogP contribution in [-0.2, 0) is 22.4 Å². The van der Waals surface area contributed by atoms with Crippen LogP contribution in [0.3, 0.4) is 0 Å². The molecule has 0 saturated carbocycles. The summed E-state index contributed by atoms with van der Waals surface area (Å²) in [5.41, 5.74) is 3.62. The number of esters is 1. The summed E-state index contributed by atoms with van der Waals surface area (Å²) in [5.74, 6) is -0.508. The number of hydrogen-bond acceptors (Lipinski definition) is 5. The van der Waals surface area contributed by atoms with Crippen LogP contribution < -0.4 is 10.6 Å². The zero-order chi connectivity index (χ0) is 18.5. The molecule has 1 aromatic carbocycles. The van der Waals surface area contributed by atoms with E-state index in [2.05, 4.69) is 10.6 Å². The third kappa shape index (κ3) is 4.07. The number of fused-ring (bicyclic) bond motifs is 1. The van der Waals surface area contributed by atoms with Gasteiger partial charge in [-0.15, -0.1) is 11.3 Å². The van der Waals surface area contributed by atoms with Gasteiger partial charge in [0.1, 0.15) is 5.00 Å². The average Bonchev–Trinajstić information content (AvgIpc) is 2.99. The number of hydrogen-bond donors (Lipinski definition) is 2. The van der Waals surface area contributed by atoms with Gasteiger partial charge in [0.2, 0.25) is 5.91 Å². The molecule has 0 radical (unpaired) electrons. The minimum absolute atomic E-state index is 0.148.